The average Bonchev–Trinajstić information content (AvgIpc) is 3.12. The third-order valence-electron chi connectivity index (χ3n) is 4.95. The number of pyridine rings is 2. The summed E-state index contributed by atoms with van der Waals surface area (Å²) in [6.07, 6.45) is 3.60. The smallest absolute Gasteiger partial charge is 0.227 e. The lowest BCUT2D eigenvalue weighted by atomic mass is 9.99. The van der Waals surface area contributed by atoms with Crippen LogP contribution in [0.1, 0.15) is 5.56 Å². The van der Waals surface area contributed by atoms with Crippen LogP contribution in [0, 0.1) is 13.5 Å². The molecular formula is C24H15N3O. The number of fused-ring (bicyclic) bond motifs is 3. The van der Waals surface area contributed by atoms with E-state index < -0.39 is 0 Å². The molecular weight excluding hydrogens is 346 g/mol. The molecule has 0 aliphatic carbocycles. The number of para-hydroxylation sites is 1. The number of furan rings is 1. The monoisotopic (exact) mass is 361 g/mol. The van der Waals surface area contributed by atoms with Crippen LogP contribution >= 0.6 is 0 Å². The number of rotatable bonds is 2. The molecule has 0 unspecified atom stereocenters. The van der Waals surface area contributed by atoms with Gasteiger partial charge in [-0.2, -0.15) is 0 Å². The van der Waals surface area contributed by atoms with E-state index in [-0.39, 0.29) is 0 Å². The molecule has 28 heavy (non-hydrogen) atoms. The SMILES string of the molecule is [C-]#[N+]c1cccc(-c2cnc(-c3cccc4c3oc3ncccc34)cc2C)c1. The van der Waals surface area contributed by atoms with E-state index in [2.05, 4.69) is 22.8 Å². The predicted octanol–water partition coefficient (Wildman–Crippen LogP) is 6.57. The Kier molecular flexibility index (Phi) is 3.67. The number of hydrogen-bond donors (Lipinski definition) is 0. The van der Waals surface area contributed by atoms with Crippen molar-refractivity contribution in [2.45, 2.75) is 6.92 Å². The summed E-state index contributed by atoms with van der Waals surface area (Å²) < 4.78 is 6.04. The molecule has 3 heterocycles. The Morgan fingerprint density at radius 2 is 1.75 bits per heavy atom. The van der Waals surface area contributed by atoms with Crippen LogP contribution in [0.3, 0.4) is 0 Å². The molecule has 0 amide bonds. The summed E-state index contributed by atoms with van der Waals surface area (Å²) in [4.78, 5) is 12.6. The van der Waals surface area contributed by atoms with E-state index in [1.54, 1.807) is 6.20 Å². The third kappa shape index (κ3) is 2.53. The van der Waals surface area contributed by atoms with Crippen molar-refractivity contribution in [2.75, 3.05) is 0 Å². The van der Waals surface area contributed by atoms with Crippen LogP contribution in [0.5, 0.6) is 0 Å². The highest BCUT2D eigenvalue weighted by Gasteiger charge is 2.14. The molecule has 5 aromatic rings. The molecule has 4 heteroatoms. The summed E-state index contributed by atoms with van der Waals surface area (Å²) in [5.41, 5.74) is 6.97. The summed E-state index contributed by atoms with van der Waals surface area (Å²) in [5, 5.41) is 2.04. The molecule has 0 radical (unpaired) electrons. The number of nitrogens with zero attached hydrogens (tertiary/aromatic N) is 3. The molecule has 0 atom stereocenters. The van der Waals surface area contributed by atoms with Crippen LogP contribution in [0.4, 0.5) is 5.69 Å². The Hall–Kier alpha value is -3.97. The minimum Gasteiger partial charge on any atom is -0.437 e. The lowest BCUT2D eigenvalue weighted by Gasteiger charge is -2.09. The van der Waals surface area contributed by atoms with Gasteiger partial charge in [0.05, 0.1) is 12.3 Å². The fourth-order valence-corrected chi connectivity index (χ4v) is 3.58. The highest BCUT2D eigenvalue weighted by atomic mass is 16.3. The first kappa shape index (κ1) is 16.2. The molecule has 0 bridgehead atoms. The van der Waals surface area contributed by atoms with Crippen molar-refractivity contribution in [1.29, 1.82) is 0 Å². The van der Waals surface area contributed by atoms with Gasteiger partial charge in [-0.25, -0.2) is 9.83 Å². The second-order valence-corrected chi connectivity index (χ2v) is 6.69. The molecule has 0 saturated heterocycles. The molecule has 0 aliphatic heterocycles. The third-order valence-corrected chi connectivity index (χ3v) is 4.95. The van der Waals surface area contributed by atoms with E-state index in [4.69, 9.17) is 16.0 Å². The highest BCUT2D eigenvalue weighted by Crippen LogP contribution is 2.35. The Morgan fingerprint density at radius 3 is 2.61 bits per heavy atom. The van der Waals surface area contributed by atoms with Gasteiger partial charge in [0.15, 0.2) is 5.69 Å². The maximum Gasteiger partial charge on any atom is 0.227 e. The molecule has 0 aliphatic rings. The number of hydrogen-bond acceptors (Lipinski definition) is 3. The Bertz CT molecular complexity index is 1390. The minimum atomic E-state index is 0.625. The highest BCUT2D eigenvalue weighted by molar-refractivity contribution is 6.08. The maximum atomic E-state index is 7.22. The van der Waals surface area contributed by atoms with Crippen molar-refractivity contribution in [1.82, 2.24) is 9.97 Å². The van der Waals surface area contributed by atoms with Crippen LogP contribution < -0.4 is 0 Å². The van der Waals surface area contributed by atoms with Crippen molar-refractivity contribution in [2.24, 2.45) is 0 Å². The van der Waals surface area contributed by atoms with Crippen LogP contribution in [-0.2, 0) is 0 Å². The van der Waals surface area contributed by atoms with E-state index in [0.717, 1.165) is 44.3 Å². The first-order valence-electron chi connectivity index (χ1n) is 8.96. The molecule has 0 fully saturated rings. The molecule has 0 saturated carbocycles. The van der Waals surface area contributed by atoms with Gasteiger partial charge in [0.2, 0.25) is 5.71 Å². The van der Waals surface area contributed by atoms with Crippen LogP contribution in [0.25, 0.3) is 49.3 Å². The Morgan fingerprint density at radius 1 is 0.893 bits per heavy atom. The quantitative estimate of drug-likeness (QED) is 0.334. The van der Waals surface area contributed by atoms with Crippen LogP contribution in [0.2, 0.25) is 0 Å². The van der Waals surface area contributed by atoms with Crippen LogP contribution in [-0.4, -0.2) is 9.97 Å². The zero-order valence-electron chi connectivity index (χ0n) is 15.2. The topological polar surface area (TPSA) is 43.3 Å². The average molecular weight is 361 g/mol. The van der Waals surface area contributed by atoms with Gasteiger partial charge in [-0.05, 0) is 48.4 Å². The molecule has 132 valence electrons. The maximum absolute atomic E-state index is 7.22. The summed E-state index contributed by atoms with van der Waals surface area (Å²) >= 11 is 0. The van der Waals surface area contributed by atoms with E-state index in [1.165, 1.54) is 0 Å². The number of aromatic nitrogens is 2. The predicted molar refractivity (Wildman–Crippen MR) is 111 cm³/mol. The lowest BCUT2D eigenvalue weighted by Crippen LogP contribution is -1.90. The minimum absolute atomic E-state index is 0.625. The largest absolute Gasteiger partial charge is 0.437 e. The Labute approximate surface area is 161 Å². The Balaban J connectivity index is 1.67. The zero-order chi connectivity index (χ0) is 19.1. The van der Waals surface area contributed by atoms with Crippen LogP contribution in [0.15, 0.2) is 77.5 Å². The molecule has 0 spiro atoms. The lowest BCUT2D eigenvalue weighted by molar-refractivity contribution is 0.655. The molecule has 2 aromatic carbocycles. The molecule has 5 rings (SSSR count). The molecule has 4 nitrogen and oxygen atoms in total. The van der Waals surface area contributed by atoms with Crippen molar-refractivity contribution in [3.05, 3.63) is 90.0 Å². The van der Waals surface area contributed by atoms with Crippen molar-refractivity contribution < 1.29 is 4.42 Å². The van der Waals surface area contributed by atoms with Crippen molar-refractivity contribution in [3.63, 3.8) is 0 Å². The number of benzene rings is 2. The summed E-state index contributed by atoms with van der Waals surface area (Å²) in [6, 6.07) is 19.7. The second-order valence-electron chi connectivity index (χ2n) is 6.69. The second kappa shape index (κ2) is 6.33. The summed E-state index contributed by atoms with van der Waals surface area (Å²) in [5.74, 6) is 0. The van der Waals surface area contributed by atoms with Gasteiger partial charge < -0.3 is 4.42 Å². The van der Waals surface area contributed by atoms with E-state index in [9.17, 15) is 0 Å². The van der Waals surface area contributed by atoms with E-state index in [0.29, 0.717) is 11.4 Å². The van der Waals surface area contributed by atoms with Gasteiger partial charge in [0.1, 0.15) is 5.58 Å². The van der Waals surface area contributed by atoms with Gasteiger partial charge >= 0.3 is 0 Å². The van der Waals surface area contributed by atoms with Crippen molar-refractivity contribution >= 4 is 27.8 Å². The van der Waals surface area contributed by atoms with Gasteiger partial charge in [0.25, 0.3) is 0 Å². The van der Waals surface area contributed by atoms with Gasteiger partial charge in [-0.3, -0.25) is 4.98 Å². The van der Waals surface area contributed by atoms with Gasteiger partial charge in [0, 0.05) is 34.3 Å². The van der Waals surface area contributed by atoms with E-state index >= 15 is 0 Å². The summed E-state index contributed by atoms with van der Waals surface area (Å²) in [6.45, 7) is 9.28. The fraction of sp³-hybridized carbons (Fsp3) is 0.0417. The fourth-order valence-electron chi connectivity index (χ4n) is 3.58. The number of aryl methyl sites for hydroxylation is 1. The first-order valence-corrected chi connectivity index (χ1v) is 8.96. The standard InChI is InChI=1S/C24H15N3O/c1-15-12-22(27-14-21(15)16-6-3-7-17(13-16)25-2)20-9-4-8-18-19-10-5-11-26-24(19)28-23(18)20/h3-14H,1H3. The van der Waals surface area contributed by atoms with Gasteiger partial charge in [-0.1, -0.05) is 30.3 Å². The molecule has 3 aromatic heterocycles. The summed E-state index contributed by atoms with van der Waals surface area (Å²) in [7, 11) is 0. The molecule has 0 N–H and O–H groups in total. The van der Waals surface area contributed by atoms with Gasteiger partial charge in [-0.15, -0.1) is 0 Å². The van der Waals surface area contributed by atoms with Crippen molar-refractivity contribution in [3.8, 4) is 22.4 Å². The van der Waals surface area contributed by atoms with E-state index in [1.807, 2.05) is 60.8 Å². The first-order chi connectivity index (χ1) is 13.7. The normalized spacial score (nSPS) is 11.0. The zero-order valence-corrected chi connectivity index (χ0v) is 15.2.